The van der Waals surface area contributed by atoms with E-state index in [-0.39, 0.29) is 5.91 Å². The minimum absolute atomic E-state index is 0.154. The Bertz CT molecular complexity index is 707. The van der Waals surface area contributed by atoms with Gasteiger partial charge in [0.1, 0.15) is 0 Å². The molecule has 1 fully saturated rings. The second-order valence-electron chi connectivity index (χ2n) is 6.63. The summed E-state index contributed by atoms with van der Waals surface area (Å²) in [5.41, 5.74) is 3.21. The average Bonchev–Trinajstić information content (AvgIpc) is 2.88. The smallest absolute Gasteiger partial charge is 0.253 e. The molecule has 3 heteroatoms. The zero-order valence-corrected chi connectivity index (χ0v) is 14.9. The Morgan fingerprint density at radius 3 is 2.48 bits per heavy atom. The summed E-state index contributed by atoms with van der Waals surface area (Å²) in [7, 11) is 0. The van der Waals surface area contributed by atoms with Crippen LogP contribution in [-0.2, 0) is 0 Å². The number of hydrogen-bond acceptors (Lipinski definition) is 2. The predicted octanol–water partition coefficient (Wildman–Crippen LogP) is 3.86. The molecule has 0 saturated carbocycles. The van der Waals surface area contributed by atoms with E-state index in [1.165, 1.54) is 11.1 Å². The van der Waals surface area contributed by atoms with Gasteiger partial charge >= 0.3 is 0 Å². The third-order valence-electron chi connectivity index (χ3n) is 4.65. The zero-order valence-electron chi connectivity index (χ0n) is 14.9. The molecule has 0 aliphatic carbocycles. The van der Waals surface area contributed by atoms with Crippen LogP contribution < -0.4 is 0 Å². The first-order valence-corrected chi connectivity index (χ1v) is 9.02. The summed E-state index contributed by atoms with van der Waals surface area (Å²) in [4.78, 5) is 17.1. The summed E-state index contributed by atoms with van der Waals surface area (Å²) in [6.45, 7) is 6.58. The lowest BCUT2D eigenvalue weighted by molar-refractivity contribution is 0.0762. The largest absolute Gasteiger partial charge is 0.337 e. The first-order chi connectivity index (χ1) is 12.2. The van der Waals surface area contributed by atoms with Gasteiger partial charge in [-0.1, -0.05) is 60.2 Å². The first-order valence-electron chi connectivity index (χ1n) is 9.02. The van der Waals surface area contributed by atoms with Gasteiger partial charge in [-0.05, 0) is 31.0 Å². The molecule has 1 heterocycles. The van der Waals surface area contributed by atoms with Gasteiger partial charge in [-0.15, -0.1) is 0 Å². The van der Waals surface area contributed by atoms with E-state index >= 15 is 0 Å². The van der Waals surface area contributed by atoms with Crippen molar-refractivity contribution in [2.45, 2.75) is 13.3 Å². The maximum absolute atomic E-state index is 12.7. The molecule has 0 bridgehead atoms. The van der Waals surface area contributed by atoms with Crippen LogP contribution in [0.25, 0.3) is 6.08 Å². The number of rotatable bonds is 4. The van der Waals surface area contributed by atoms with Crippen molar-refractivity contribution in [1.82, 2.24) is 9.80 Å². The molecule has 2 aromatic carbocycles. The van der Waals surface area contributed by atoms with Crippen molar-refractivity contribution >= 4 is 12.0 Å². The highest BCUT2D eigenvalue weighted by Crippen LogP contribution is 2.11. The van der Waals surface area contributed by atoms with Gasteiger partial charge in [0.05, 0.1) is 0 Å². The molecule has 0 N–H and O–H groups in total. The molecule has 0 aromatic heterocycles. The summed E-state index contributed by atoms with van der Waals surface area (Å²) in [5.74, 6) is 0.154. The van der Waals surface area contributed by atoms with Crippen LogP contribution in [-0.4, -0.2) is 48.4 Å². The second-order valence-corrected chi connectivity index (χ2v) is 6.63. The van der Waals surface area contributed by atoms with Gasteiger partial charge in [0.2, 0.25) is 0 Å². The van der Waals surface area contributed by atoms with Gasteiger partial charge in [-0.3, -0.25) is 9.69 Å². The molecule has 0 unspecified atom stereocenters. The molecule has 3 nitrogen and oxygen atoms in total. The lowest BCUT2D eigenvalue weighted by Gasteiger charge is -2.21. The molecule has 1 aliphatic rings. The van der Waals surface area contributed by atoms with Gasteiger partial charge in [-0.25, -0.2) is 0 Å². The van der Waals surface area contributed by atoms with Crippen molar-refractivity contribution < 1.29 is 4.79 Å². The molecule has 130 valence electrons. The summed E-state index contributed by atoms with van der Waals surface area (Å²) in [6.07, 6.45) is 5.41. The van der Waals surface area contributed by atoms with E-state index in [1.54, 1.807) is 0 Å². The number of benzene rings is 2. The fourth-order valence-corrected chi connectivity index (χ4v) is 3.14. The Balaban J connectivity index is 1.52. The molecule has 0 atom stereocenters. The van der Waals surface area contributed by atoms with Crippen LogP contribution in [0.1, 0.15) is 27.9 Å². The number of carbonyl (C=O) groups excluding carboxylic acids is 1. The molecule has 0 spiro atoms. The van der Waals surface area contributed by atoms with Gasteiger partial charge in [-0.2, -0.15) is 0 Å². The van der Waals surface area contributed by atoms with E-state index in [0.29, 0.717) is 0 Å². The number of amides is 1. The van der Waals surface area contributed by atoms with Crippen molar-refractivity contribution in [3.63, 3.8) is 0 Å². The highest BCUT2D eigenvalue weighted by atomic mass is 16.2. The summed E-state index contributed by atoms with van der Waals surface area (Å²) >= 11 is 0. The van der Waals surface area contributed by atoms with Crippen molar-refractivity contribution in [3.8, 4) is 0 Å². The van der Waals surface area contributed by atoms with Crippen LogP contribution in [0.2, 0.25) is 0 Å². The molecule has 2 aromatic rings. The monoisotopic (exact) mass is 334 g/mol. The van der Waals surface area contributed by atoms with Crippen molar-refractivity contribution in [2.24, 2.45) is 0 Å². The second kappa shape index (κ2) is 8.63. The SMILES string of the molecule is Cc1ccc(C(=O)N2CCCN(CC=Cc3ccccc3)CC2)cc1. The first kappa shape index (κ1) is 17.4. The lowest BCUT2D eigenvalue weighted by atomic mass is 10.1. The zero-order chi connectivity index (χ0) is 17.5. The van der Waals surface area contributed by atoms with E-state index in [2.05, 4.69) is 41.3 Å². The molecule has 1 saturated heterocycles. The van der Waals surface area contributed by atoms with Crippen LogP contribution in [0.4, 0.5) is 0 Å². The van der Waals surface area contributed by atoms with Crippen LogP contribution in [0.15, 0.2) is 60.7 Å². The Labute approximate surface area is 150 Å². The molecule has 1 amide bonds. The van der Waals surface area contributed by atoms with Crippen molar-refractivity contribution in [1.29, 1.82) is 0 Å². The van der Waals surface area contributed by atoms with Gasteiger partial charge in [0.25, 0.3) is 5.91 Å². The maximum Gasteiger partial charge on any atom is 0.253 e. The summed E-state index contributed by atoms with van der Waals surface area (Å²) < 4.78 is 0. The average molecular weight is 334 g/mol. The van der Waals surface area contributed by atoms with Crippen molar-refractivity contribution in [2.75, 3.05) is 32.7 Å². The van der Waals surface area contributed by atoms with E-state index in [1.807, 2.05) is 42.2 Å². The minimum atomic E-state index is 0.154. The van der Waals surface area contributed by atoms with E-state index in [0.717, 1.165) is 44.7 Å². The lowest BCUT2D eigenvalue weighted by Crippen LogP contribution is -2.35. The predicted molar refractivity (Wildman–Crippen MR) is 104 cm³/mol. The maximum atomic E-state index is 12.7. The standard InChI is InChI=1S/C22H26N2O/c1-19-10-12-21(13-11-19)22(25)24-16-6-15-23(17-18-24)14-5-9-20-7-3-2-4-8-20/h2-5,7-13H,6,14-18H2,1H3. The van der Waals surface area contributed by atoms with Crippen LogP contribution in [0.3, 0.4) is 0 Å². The number of nitrogens with zero attached hydrogens (tertiary/aromatic N) is 2. The topological polar surface area (TPSA) is 23.6 Å². The van der Waals surface area contributed by atoms with Gasteiger partial charge in [0, 0.05) is 38.3 Å². The van der Waals surface area contributed by atoms with Crippen LogP contribution >= 0.6 is 0 Å². The fourth-order valence-electron chi connectivity index (χ4n) is 3.14. The Morgan fingerprint density at radius 1 is 0.960 bits per heavy atom. The molecule has 3 rings (SSSR count). The van der Waals surface area contributed by atoms with Gasteiger partial charge < -0.3 is 4.90 Å². The summed E-state index contributed by atoms with van der Waals surface area (Å²) in [6, 6.07) is 18.2. The highest BCUT2D eigenvalue weighted by molar-refractivity contribution is 5.94. The molecule has 25 heavy (non-hydrogen) atoms. The third-order valence-corrected chi connectivity index (χ3v) is 4.65. The summed E-state index contributed by atoms with van der Waals surface area (Å²) in [5, 5.41) is 0. The number of carbonyl (C=O) groups is 1. The molecule has 0 radical (unpaired) electrons. The van der Waals surface area contributed by atoms with E-state index < -0.39 is 0 Å². The van der Waals surface area contributed by atoms with Gasteiger partial charge in [0.15, 0.2) is 0 Å². The quantitative estimate of drug-likeness (QED) is 0.848. The van der Waals surface area contributed by atoms with E-state index in [4.69, 9.17) is 0 Å². The number of hydrogen-bond donors (Lipinski definition) is 0. The Kier molecular flexibility index (Phi) is 6.02. The third kappa shape index (κ3) is 5.04. The normalized spacial score (nSPS) is 16.1. The Morgan fingerprint density at radius 2 is 1.72 bits per heavy atom. The number of aryl methyl sites for hydroxylation is 1. The van der Waals surface area contributed by atoms with E-state index in [9.17, 15) is 4.79 Å². The Hall–Kier alpha value is -2.39. The highest BCUT2D eigenvalue weighted by Gasteiger charge is 2.19. The van der Waals surface area contributed by atoms with Crippen molar-refractivity contribution in [3.05, 3.63) is 77.4 Å². The van der Waals surface area contributed by atoms with Crippen LogP contribution in [0.5, 0.6) is 0 Å². The fraction of sp³-hybridized carbons (Fsp3) is 0.318. The molecular weight excluding hydrogens is 308 g/mol. The molecule has 1 aliphatic heterocycles. The minimum Gasteiger partial charge on any atom is -0.337 e. The molecular formula is C22H26N2O. The van der Waals surface area contributed by atoms with Crippen LogP contribution in [0, 0.1) is 6.92 Å².